The standard InChI is InChI=1S/C18H23N5O2/c1-11-16(12(2)22(4)21-11)9-20-18(25)17-8-19-7-14-10-23(13(3)24)6-5-15(14)17/h7-8H,5-6,9-10H2,1-4H3,(H,20,25). The van der Waals surface area contributed by atoms with E-state index in [0.29, 0.717) is 31.6 Å². The Kier molecular flexibility index (Phi) is 4.57. The molecule has 0 radical (unpaired) electrons. The summed E-state index contributed by atoms with van der Waals surface area (Å²) >= 11 is 0. The van der Waals surface area contributed by atoms with Crippen molar-refractivity contribution >= 4 is 11.8 Å². The first-order valence-electron chi connectivity index (χ1n) is 8.37. The van der Waals surface area contributed by atoms with Gasteiger partial charge in [0.25, 0.3) is 5.91 Å². The predicted molar refractivity (Wildman–Crippen MR) is 92.9 cm³/mol. The van der Waals surface area contributed by atoms with Crippen molar-refractivity contribution in [2.75, 3.05) is 6.54 Å². The van der Waals surface area contributed by atoms with Crippen LogP contribution in [0, 0.1) is 13.8 Å². The minimum Gasteiger partial charge on any atom is -0.348 e. The number of aromatic nitrogens is 3. The normalized spacial score (nSPS) is 13.5. The molecule has 0 atom stereocenters. The van der Waals surface area contributed by atoms with Gasteiger partial charge in [-0.05, 0) is 31.4 Å². The molecule has 132 valence electrons. The zero-order valence-electron chi connectivity index (χ0n) is 15.1. The van der Waals surface area contributed by atoms with Gasteiger partial charge in [0.2, 0.25) is 5.91 Å². The Balaban J connectivity index is 1.77. The molecule has 0 bridgehead atoms. The first-order chi connectivity index (χ1) is 11.9. The average molecular weight is 341 g/mol. The number of rotatable bonds is 3. The van der Waals surface area contributed by atoms with Gasteiger partial charge in [0.1, 0.15) is 0 Å². The summed E-state index contributed by atoms with van der Waals surface area (Å²) in [6.45, 7) is 7.08. The van der Waals surface area contributed by atoms with E-state index in [-0.39, 0.29) is 11.8 Å². The molecule has 0 aromatic carbocycles. The fourth-order valence-corrected chi connectivity index (χ4v) is 3.30. The van der Waals surface area contributed by atoms with Gasteiger partial charge in [0.15, 0.2) is 0 Å². The molecule has 1 aliphatic rings. The fourth-order valence-electron chi connectivity index (χ4n) is 3.30. The molecule has 3 heterocycles. The van der Waals surface area contributed by atoms with Crippen LogP contribution in [0.15, 0.2) is 12.4 Å². The summed E-state index contributed by atoms with van der Waals surface area (Å²) in [7, 11) is 1.89. The number of nitrogens with one attached hydrogen (secondary N) is 1. The van der Waals surface area contributed by atoms with Crippen molar-refractivity contribution in [3.05, 3.63) is 46.0 Å². The number of amides is 2. The number of fused-ring (bicyclic) bond motifs is 1. The molecule has 0 spiro atoms. The molecule has 0 unspecified atom stereocenters. The van der Waals surface area contributed by atoms with Crippen LogP contribution < -0.4 is 5.32 Å². The van der Waals surface area contributed by atoms with Crippen LogP contribution in [0.4, 0.5) is 0 Å². The summed E-state index contributed by atoms with van der Waals surface area (Å²) in [6.07, 6.45) is 4.03. The molecule has 1 aliphatic heterocycles. The Labute approximate surface area is 147 Å². The minimum atomic E-state index is -0.136. The maximum absolute atomic E-state index is 12.7. The number of hydrogen-bond donors (Lipinski definition) is 1. The van der Waals surface area contributed by atoms with Gasteiger partial charge in [-0.1, -0.05) is 0 Å². The van der Waals surface area contributed by atoms with Crippen LogP contribution in [0.3, 0.4) is 0 Å². The maximum atomic E-state index is 12.7. The van der Waals surface area contributed by atoms with Gasteiger partial charge < -0.3 is 10.2 Å². The van der Waals surface area contributed by atoms with Gasteiger partial charge in [0, 0.05) is 57.3 Å². The van der Waals surface area contributed by atoms with Crippen molar-refractivity contribution in [1.29, 1.82) is 0 Å². The van der Waals surface area contributed by atoms with E-state index >= 15 is 0 Å². The van der Waals surface area contributed by atoms with Crippen molar-refractivity contribution in [3.63, 3.8) is 0 Å². The Hall–Kier alpha value is -2.70. The molecule has 25 heavy (non-hydrogen) atoms. The average Bonchev–Trinajstić information content (AvgIpc) is 2.83. The van der Waals surface area contributed by atoms with Gasteiger partial charge >= 0.3 is 0 Å². The van der Waals surface area contributed by atoms with E-state index in [4.69, 9.17) is 0 Å². The van der Waals surface area contributed by atoms with Gasteiger partial charge in [0.05, 0.1) is 11.3 Å². The van der Waals surface area contributed by atoms with E-state index in [0.717, 1.165) is 28.1 Å². The van der Waals surface area contributed by atoms with Crippen LogP contribution in [-0.2, 0) is 31.4 Å². The molecule has 1 N–H and O–H groups in total. The van der Waals surface area contributed by atoms with Crippen LogP contribution in [0.5, 0.6) is 0 Å². The third-order valence-electron chi connectivity index (χ3n) is 4.91. The number of nitrogens with zero attached hydrogens (tertiary/aromatic N) is 4. The summed E-state index contributed by atoms with van der Waals surface area (Å²) in [4.78, 5) is 30.2. The summed E-state index contributed by atoms with van der Waals surface area (Å²) in [6, 6.07) is 0. The van der Waals surface area contributed by atoms with Gasteiger partial charge in [-0.15, -0.1) is 0 Å². The van der Waals surface area contributed by atoms with Crippen molar-refractivity contribution in [3.8, 4) is 0 Å². The van der Waals surface area contributed by atoms with Crippen LogP contribution in [0.1, 0.15) is 45.4 Å². The van der Waals surface area contributed by atoms with Crippen LogP contribution >= 0.6 is 0 Å². The zero-order valence-corrected chi connectivity index (χ0v) is 15.1. The largest absolute Gasteiger partial charge is 0.348 e. The number of carbonyl (C=O) groups is 2. The van der Waals surface area contributed by atoms with Crippen molar-refractivity contribution in [1.82, 2.24) is 25.0 Å². The van der Waals surface area contributed by atoms with E-state index in [2.05, 4.69) is 15.4 Å². The summed E-state index contributed by atoms with van der Waals surface area (Å²) in [5.41, 5.74) is 5.54. The first-order valence-corrected chi connectivity index (χ1v) is 8.37. The number of aryl methyl sites for hydroxylation is 2. The molecular weight excluding hydrogens is 318 g/mol. The van der Waals surface area contributed by atoms with E-state index in [1.807, 2.05) is 25.6 Å². The summed E-state index contributed by atoms with van der Waals surface area (Å²) in [5.74, 6) is -0.0914. The topological polar surface area (TPSA) is 80.1 Å². The lowest BCUT2D eigenvalue weighted by Gasteiger charge is -2.28. The Morgan fingerprint density at radius 2 is 2.04 bits per heavy atom. The van der Waals surface area contributed by atoms with Gasteiger partial charge in [-0.25, -0.2) is 0 Å². The lowest BCUT2D eigenvalue weighted by molar-refractivity contribution is -0.129. The monoisotopic (exact) mass is 341 g/mol. The van der Waals surface area contributed by atoms with Gasteiger partial charge in [-0.3, -0.25) is 19.3 Å². The molecule has 0 saturated carbocycles. The zero-order chi connectivity index (χ0) is 18.1. The summed E-state index contributed by atoms with van der Waals surface area (Å²) in [5, 5.41) is 7.35. The van der Waals surface area contributed by atoms with Crippen molar-refractivity contribution in [2.24, 2.45) is 7.05 Å². The molecule has 7 nitrogen and oxygen atoms in total. The smallest absolute Gasteiger partial charge is 0.253 e. The van der Waals surface area contributed by atoms with E-state index < -0.39 is 0 Å². The van der Waals surface area contributed by atoms with E-state index in [1.165, 1.54) is 0 Å². The molecule has 2 aromatic heterocycles. The first kappa shape index (κ1) is 17.1. The molecule has 3 rings (SSSR count). The Morgan fingerprint density at radius 3 is 2.68 bits per heavy atom. The highest BCUT2D eigenvalue weighted by Gasteiger charge is 2.23. The number of hydrogen-bond acceptors (Lipinski definition) is 4. The molecule has 2 aromatic rings. The molecular formula is C18H23N5O2. The Bertz CT molecular complexity index is 840. The molecule has 0 fully saturated rings. The van der Waals surface area contributed by atoms with Gasteiger partial charge in [-0.2, -0.15) is 5.10 Å². The minimum absolute atomic E-state index is 0.0445. The predicted octanol–water partition coefficient (Wildman–Crippen LogP) is 1.27. The van der Waals surface area contributed by atoms with Crippen LogP contribution in [0.2, 0.25) is 0 Å². The Morgan fingerprint density at radius 1 is 1.28 bits per heavy atom. The number of carbonyl (C=O) groups excluding carboxylic acids is 2. The van der Waals surface area contributed by atoms with E-state index in [9.17, 15) is 9.59 Å². The maximum Gasteiger partial charge on any atom is 0.253 e. The second kappa shape index (κ2) is 6.66. The van der Waals surface area contributed by atoms with E-state index in [1.54, 1.807) is 24.2 Å². The molecule has 0 saturated heterocycles. The van der Waals surface area contributed by atoms with Crippen molar-refractivity contribution < 1.29 is 9.59 Å². The lowest BCUT2D eigenvalue weighted by Crippen LogP contribution is -2.36. The molecule has 7 heteroatoms. The lowest BCUT2D eigenvalue weighted by atomic mass is 9.96. The second-order valence-electron chi connectivity index (χ2n) is 6.47. The fraction of sp³-hybridized carbons (Fsp3) is 0.444. The number of pyridine rings is 1. The third kappa shape index (κ3) is 3.26. The second-order valence-corrected chi connectivity index (χ2v) is 6.47. The highest BCUT2D eigenvalue weighted by atomic mass is 16.2. The highest BCUT2D eigenvalue weighted by Crippen LogP contribution is 2.22. The molecule has 0 aliphatic carbocycles. The van der Waals surface area contributed by atoms with Crippen LogP contribution in [0.25, 0.3) is 0 Å². The molecule has 2 amide bonds. The summed E-state index contributed by atoms with van der Waals surface area (Å²) < 4.78 is 1.82. The quantitative estimate of drug-likeness (QED) is 0.912. The third-order valence-corrected chi connectivity index (χ3v) is 4.91. The SMILES string of the molecule is CC(=O)N1CCc2c(cncc2C(=O)NCc2c(C)nn(C)c2C)C1. The van der Waals surface area contributed by atoms with Crippen LogP contribution in [-0.4, -0.2) is 38.0 Å². The highest BCUT2D eigenvalue weighted by molar-refractivity contribution is 5.95. The van der Waals surface area contributed by atoms with Crippen molar-refractivity contribution in [2.45, 2.75) is 40.3 Å².